The monoisotopic (exact) mass is 530 g/mol. The predicted molar refractivity (Wildman–Crippen MR) is 153 cm³/mol. The molecule has 2 aromatic rings. The van der Waals surface area contributed by atoms with Crippen molar-refractivity contribution in [2.75, 3.05) is 25.0 Å². The lowest BCUT2D eigenvalue weighted by molar-refractivity contribution is -0.122. The van der Waals surface area contributed by atoms with Gasteiger partial charge in [-0.15, -0.1) is 0 Å². The van der Waals surface area contributed by atoms with E-state index >= 15 is 0 Å². The minimum absolute atomic E-state index is 0.102. The third-order valence-corrected chi connectivity index (χ3v) is 7.67. The van der Waals surface area contributed by atoms with E-state index in [1.54, 1.807) is 23.2 Å². The average Bonchev–Trinajstić information content (AvgIpc) is 3.13. The molecule has 3 rings (SSSR count). The van der Waals surface area contributed by atoms with Crippen molar-refractivity contribution < 1.29 is 9.90 Å². The van der Waals surface area contributed by atoms with Gasteiger partial charge in [-0.1, -0.05) is 94.8 Å². The fraction of sp³-hybridized carbons (Fsp3) is 0.556. The molecule has 1 aliphatic rings. The molecule has 0 aromatic carbocycles. The number of aliphatic hydroxyl groups excluding tert-OH is 1. The molecule has 0 atom stereocenters. The number of thioether (sulfide) groups is 1. The molecular formula is C27H38N4O3S2. The van der Waals surface area contributed by atoms with Crippen molar-refractivity contribution in [3.8, 4) is 0 Å². The topological polar surface area (TPSA) is 86.9 Å². The first kappa shape index (κ1) is 28.3. The Hall–Kier alpha value is -2.23. The maximum Gasteiger partial charge on any atom is 0.267 e. The predicted octanol–water partition coefficient (Wildman–Crippen LogP) is 5.53. The van der Waals surface area contributed by atoms with Crippen molar-refractivity contribution in [1.82, 2.24) is 14.3 Å². The summed E-state index contributed by atoms with van der Waals surface area (Å²) in [6, 6.07) is 3.66. The summed E-state index contributed by atoms with van der Waals surface area (Å²) in [5.74, 6) is 0.181. The maximum atomic E-state index is 13.3. The van der Waals surface area contributed by atoms with Crippen LogP contribution in [0.15, 0.2) is 28.0 Å². The number of aromatic nitrogens is 2. The highest BCUT2D eigenvalue weighted by molar-refractivity contribution is 8.26. The summed E-state index contributed by atoms with van der Waals surface area (Å²) in [6.45, 7) is 4.89. The molecular weight excluding hydrogens is 492 g/mol. The van der Waals surface area contributed by atoms with Gasteiger partial charge in [-0.2, -0.15) is 0 Å². The van der Waals surface area contributed by atoms with Gasteiger partial charge in [-0.3, -0.25) is 18.9 Å². The number of aliphatic hydroxyl groups is 1. The van der Waals surface area contributed by atoms with Gasteiger partial charge < -0.3 is 10.4 Å². The summed E-state index contributed by atoms with van der Waals surface area (Å²) in [5, 5.41) is 12.3. The van der Waals surface area contributed by atoms with Crippen LogP contribution in [0.3, 0.4) is 0 Å². The number of unbranched alkanes of at least 4 members (excludes halogenated alkanes) is 9. The highest BCUT2D eigenvalue weighted by Crippen LogP contribution is 2.33. The number of rotatable bonds is 15. The van der Waals surface area contributed by atoms with Gasteiger partial charge >= 0.3 is 0 Å². The highest BCUT2D eigenvalue weighted by Gasteiger charge is 2.32. The van der Waals surface area contributed by atoms with E-state index in [2.05, 4.69) is 17.2 Å². The second-order valence-electron chi connectivity index (χ2n) is 9.28. The number of hydrogen-bond donors (Lipinski definition) is 2. The normalized spacial score (nSPS) is 15.0. The Balaban J connectivity index is 1.64. The number of nitrogens with one attached hydrogen (secondary N) is 1. The van der Waals surface area contributed by atoms with Gasteiger partial charge in [0.1, 0.15) is 15.8 Å². The van der Waals surface area contributed by atoms with Crippen molar-refractivity contribution >= 4 is 51.7 Å². The number of amides is 1. The van der Waals surface area contributed by atoms with Crippen LogP contribution in [0.4, 0.5) is 5.82 Å². The number of pyridine rings is 1. The zero-order valence-corrected chi connectivity index (χ0v) is 23.1. The van der Waals surface area contributed by atoms with Gasteiger partial charge in [-0.25, -0.2) is 4.98 Å². The lowest BCUT2D eigenvalue weighted by atomic mass is 10.1. The van der Waals surface area contributed by atoms with Crippen LogP contribution in [-0.4, -0.2) is 49.3 Å². The molecule has 2 aromatic heterocycles. The Morgan fingerprint density at radius 1 is 1.06 bits per heavy atom. The van der Waals surface area contributed by atoms with Gasteiger partial charge in [0.15, 0.2) is 0 Å². The molecule has 0 bridgehead atoms. The zero-order valence-electron chi connectivity index (χ0n) is 21.4. The molecule has 3 heterocycles. The third-order valence-electron chi connectivity index (χ3n) is 6.29. The van der Waals surface area contributed by atoms with Crippen LogP contribution in [0, 0.1) is 6.92 Å². The van der Waals surface area contributed by atoms with Crippen LogP contribution < -0.4 is 10.9 Å². The molecule has 0 unspecified atom stereocenters. The SMILES string of the molecule is CCCCCCCCCCCCN1C(=O)/C(=C\c2c(NCCO)nc3ccc(C)cn3c2=O)SC1=S. The first-order valence-corrected chi connectivity index (χ1v) is 14.3. The van der Waals surface area contributed by atoms with E-state index in [0.29, 0.717) is 27.2 Å². The van der Waals surface area contributed by atoms with Gasteiger partial charge in [0.05, 0.1) is 17.1 Å². The molecule has 1 fully saturated rings. The third kappa shape index (κ3) is 7.63. The number of hydrogen-bond acceptors (Lipinski definition) is 7. The molecule has 9 heteroatoms. The number of aryl methyl sites for hydroxylation is 1. The van der Waals surface area contributed by atoms with E-state index in [9.17, 15) is 14.7 Å². The van der Waals surface area contributed by atoms with Crippen molar-refractivity contribution in [3.63, 3.8) is 0 Å². The Morgan fingerprint density at radius 3 is 2.39 bits per heavy atom. The van der Waals surface area contributed by atoms with Crippen molar-refractivity contribution in [3.05, 3.63) is 44.7 Å². The fourth-order valence-electron chi connectivity index (χ4n) is 4.28. The number of nitrogens with zero attached hydrogens (tertiary/aromatic N) is 3. The quantitative estimate of drug-likeness (QED) is 0.178. The number of fused-ring (bicyclic) bond motifs is 1. The summed E-state index contributed by atoms with van der Waals surface area (Å²) >= 11 is 6.71. The van der Waals surface area contributed by atoms with Crippen molar-refractivity contribution in [2.45, 2.75) is 78.1 Å². The van der Waals surface area contributed by atoms with Crippen molar-refractivity contribution in [2.24, 2.45) is 0 Å². The molecule has 1 saturated heterocycles. The maximum absolute atomic E-state index is 13.3. The largest absolute Gasteiger partial charge is 0.395 e. The van der Waals surface area contributed by atoms with Crippen LogP contribution in [0.1, 0.15) is 82.3 Å². The van der Waals surface area contributed by atoms with E-state index in [-0.39, 0.29) is 30.2 Å². The molecule has 36 heavy (non-hydrogen) atoms. The molecule has 7 nitrogen and oxygen atoms in total. The number of carbonyl (C=O) groups excluding carboxylic acids is 1. The number of thiocarbonyl (C=S) groups is 1. The fourth-order valence-corrected chi connectivity index (χ4v) is 5.57. The van der Waals surface area contributed by atoms with Crippen LogP contribution in [0.2, 0.25) is 0 Å². The molecule has 1 amide bonds. The summed E-state index contributed by atoms with van der Waals surface area (Å²) < 4.78 is 2.01. The van der Waals surface area contributed by atoms with Gasteiger partial charge in [-0.05, 0) is 31.1 Å². The molecule has 0 saturated carbocycles. The summed E-state index contributed by atoms with van der Waals surface area (Å²) in [6.07, 6.45) is 15.6. The van der Waals surface area contributed by atoms with E-state index < -0.39 is 0 Å². The standard InChI is InChI=1S/C27H38N4O3S2/c1-3-4-5-6-7-8-9-10-11-12-16-30-26(34)22(36-27(30)35)18-21-24(28-15-17-32)29-23-14-13-20(2)19-31(23)25(21)33/h13-14,18-19,28,32H,3-12,15-17H2,1-2H3/b22-18+. The van der Waals surface area contributed by atoms with Crippen LogP contribution in [0.25, 0.3) is 11.7 Å². The van der Waals surface area contributed by atoms with E-state index in [1.807, 2.05) is 13.0 Å². The Bertz CT molecular complexity index is 1150. The van der Waals surface area contributed by atoms with Crippen LogP contribution >= 0.6 is 24.0 Å². The minimum atomic E-state index is -0.274. The Morgan fingerprint density at radius 2 is 1.72 bits per heavy atom. The van der Waals surface area contributed by atoms with Crippen LogP contribution in [0.5, 0.6) is 0 Å². The summed E-state index contributed by atoms with van der Waals surface area (Å²) in [4.78, 5) is 33.1. The molecule has 0 spiro atoms. The molecule has 2 N–H and O–H groups in total. The first-order valence-electron chi connectivity index (χ1n) is 13.1. The lowest BCUT2D eigenvalue weighted by Gasteiger charge is -2.14. The Kier molecular flexibility index (Phi) is 11.4. The highest BCUT2D eigenvalue weighted by atomic mass is 32.2. The smallest absolute Gasteiger partial charge is 0.267 e. The van der Waals surface area contributed by atoms with Crippen LogP contribution in [-0.2, 0) is 4.79 Å². The first-order chi connectivity index (χ1) is 17.5. The molecule has 0 radical (unpaired) electrons. The lowest BCUT2D eigenvalue weighted by Crippen LogP contribution is -2.29. The van der Waals surface area contributed by atoms with E-state index in [1.165, 1.54) is 67.5 Å². The van der Waals surface area contributed by atoms with Gasteiger partial charge in [0, 0.05) is 19.3 Å². The minimum Gasteiger partial charge on any atom is -0.395 e. The Labute approximate surface area is 223 Å². The zero-order chi connectivity index (χ0) is 25.9. The molecule has 1 aliphatic heterocycles. The summed E-state index contributed by atoms with van der Waals surface area (Å²) in [5.41, 5.74) is 1.43. The van der Waals surface area contributed by atoms with E-state index in [0.717, 1.165) is 18.4 Å². The van der Waals surface area contributed by atoms with E-state index in [4.69, 9.17) is 12.2 Å². The number of carbonyl (C=O) groups is 1. The summed E-state index contributed by atoms with van der Waals surface area (Å²) in [7, 11) is 0. The second-order valence-corrected chi connectivity index (χ2v) is 11.0. The number of anilines is 1. The van der Waals surface area contributed by atoms with Gasteiger partial charge in [0.2, 0.25) is 0 Å². The van der Waals surface area contributed by atoms with Gasteiger partial charge in [0.25, 0.3) is 11.5 Å². The molecule has 196 valence electrons. The molecule has 0 aliphatic carbocycles. The second kappa shape index (κ2) is 14.5. The van der Waals surface area contributed by atoms with Crippen molar-refractivity contribution in [1.29, 1.82) is 0 Å². The average molecular weight is 531 g/mol.